The zero-order valence-corrected chi connectivity index (χ0v) is 31.7. The van der Waals surface area contributed by atoms with E-state index < -0.39 is 26.7 Å². The second-order valence-corrected chi connectivity index (χ2v) is 16.3. The van der Waals surface area contributed by atoms with Crippen LogP contribution in [0.15, 0.2) is 48.5 Å². The van der Waals surface area contributed by atoms with Gasteiger partial charge in [-0.2, -0.15) is 0 Å². The largest absolute Gasteiger partial charge is 0.604 e. The van der Waals surface area contributed by atoms with Crippen LogP contribution in [0.5, 0.6) is 23.0 Å². The molecule has 0 fully saturated rings. The van der Waals surface area contributed by atoms with Crippen molar-refractivity contribution in [2.75, 3.05) is 0 Å². The van der Waals surface area contributed by atoms with Gasteiger partial charge < -0.3 is 9.47 Å². The molecule has 4 atom stereocenters. The maximum atomic E-state index is 13.9. The van der Waals surface area contributed by atoms with E-state index in [1.165, 1.54) is 11.1 Å². The molecule has 0 bridgehead atoms. The molecule has 3 aromatic rings. The first-order valence-corrected chi connectivity index (χ1v) is 19.0. The van der Waals surface area contributed by atoms with E-state index in [2.05, 4.69) is 52.0 Å². The molecule has 0 heterocycles. The number of aryl methyl sites for hydroxylation is 4. The molecule has 0 aliphatic rings. The first-order valence-electron chi connectivity index (χ1n) is 16.6. The molecule has 0 saturated carbocycles. The van der Waals surface area contributed by atoms with Crippen molar-refractivity contribution in [2.24, 2.45) is 0 Å². The number of hydrogen-bond donors (Lipinski definition) is 0. The summed E-state index contributed by atoms with van der Waals surface area (Å²) in [6, 6.07) is 15.4. The van der Waals surface area contributed by atoms with Gasteiger partial charge in [-0.05, 0) is 107 Å². The van der Waals surface area contributed by atoms with Gasteiger partial charge in [0.2, 0.25) is 0 Å². The number of rotatable bonds is 16. The summed E-state index contributed by atoms with van der Waals surface area (Å²) in [6.45, 7) is 24.3. The van der Waals surface area contributed by atoms with Gasteiger partial charge in [-0.1, -0.05) is 71.9 Å². The van der Waals surface area contributed by atoms with E-state index in [-0.39, 0.29) is 0 Å². The highest BCUT2D eigenvalue weighted by atomic mass is 31.1. The first kappa shape index (κ1) is 37.5. The average Bonchev–Trinajstić information content (AvgIpc) is 3.01. The molecule has 6 nitrogen and oxygen atoms in total. The predicted octanol–water partition coefficient (Wildman–Crippen LogP) is 12.6. The monoisotopic (exact) mass is 668 g/mol. The molecule has 0 N–H and O–H groups in total. The fourth-order valence-corrected chi connectivity index (χ4v) is 7.31. The third kappa shape index (κ3) is 8.69. The lowest BCUT2D eigenvalue weighted by Gasteiger charge is -2.24. The molecule has 3 rings (SSSR count). The van der Waals surface area contributed by atoms with Crippen LogP contribution in [0.1, 0.15) is 126 Å². The Morgan fingerprint density at radius 2 is 1.02 bits per heavy atom. The molecule has 4 unspecified atom stereocenters. The van der Waals surface area contributed by atoms with Gasteiger partial charge in [-0.25, -0.2) is 0 Å². The summed E-state index contributed by atoms with van der Waals surface area (Å²) in [5.74, 6) is 3.05. The van der Waals surface area contributed by atoms with Gasteiger partial charge in [0.25, 0.3) is 0 Å². The molecule has 46 heavy (non-hydrogen) atoms. The Balaban J connectivity index is 1.78. The summed E-state index contributed by atoms with van der Waals surface area (Å²) in [5, 5.41) is -2.14. The van der Waals surface area contributed by atoms with Crippen LogP contribution in [-0.2, 0) is 9.13 Å². The molecule has 0 aromatic heterocycles. The highest BCUT2D eigenvalue weighted by Gasteiger charge is 2.53. The van der Waals surface area contributed by atoms with Crippen molar-refractivity contribution in [3.05, 3.63) is 81.9 Å². The maximum Gasteiger partial charge on any atom is 0.604 e. The Hall–Kier alpha value is -2.94. The third-order valence-electron chi connectivity index (χ3n) is 9.03. The maximum absolute atomic E-state index is 13.9. The molecule has 250 valence electrons. The lowest BCUT2D eigenvalue weighted by molar-refractivity contribution is 0.133. The summed E-state index contributed by atoms with van der Waals surface area (Å²) in [4.78, 5) is 0. The van der Waals surface area contributed by atoms with Crippen molar-refractivity contribution in [1.29, 1.82) is 0 Å². The molecule has 0 spiro atoms. The molecular weight excluding hydrogens is 614 g/mol. The Morgan fingerprint density at radius 1 is 0.630 bits per heavy atom. The number of ether oxygens (including phenoxy) is 2. The molecule has 0 saturated heterocycles. The average molecular weight is 669 g/mol. The molecule has 3 aromatic carbocycles. The van der Waals surface area contributed by atoms with Crippen LogP contribution in [-0.4, -0.2) is 10.7 Å². The SMILES string of the molecule is CCC(C)c1cc(C)c(OC(C)(C)[P+](=O)Oc2cccc(O[P+](=O)C(CC)(CC)Oc3c(C)cc(C(C)CC)cc3C)c2)c(C)c1. The highest BCUT2D eigenvalue weighted by Crippen LogP contribution is 2.49. The summed E-state index contributed by atoms with van der Waals surface area (Å²) in [7, 11) is -4.61. The molecule has 8 heteroatoms. The van der Waals surface area contributed by atoms with Crippen LogP contribution in [0, 0.1) is 27.7 Å². The van der Waals surface area contributed by atoms with Crippen LogP contribution >= 0.6 is 16.1 Å². The summed E-state index contributed by atoms with van der Waals surface area (Å²) in [5.41, 5.74) is 6.58. The van der Waals surface area contributed by atoms with E-state index in [1.54, 1.807) is 38.1 Å². The topological polar surface area (TPSA) is 71.1 Å². The quantitative estimate of drug-likeness (QED) is 0.141. The minimum atomic E-state index is -2.31. The zero-order chi connectivity index (χ0) is 34.4. The minimum absolute atomic E-state index is 0.339. The van der Waals surface area contributed by atoms with Crippen molar-refractivity contribution in [3.63, 3.8) is 0 Å². The van der Waals surface area contributed by atoms with Crippen LogP contribution in [0.3, 0.4) is 0 Å². The highest BCUT2D eigenvalue weighted by molar-refractivity contribution is 7.41. The Bertz CT molecular complexity index is 1500. The fourth-order valence-electron chi connectivity index (χ4n) is 5.47. The lowest BCUT2D eigenvalue weighted by Crippen LogP contribution is -2.32. The van der Waals surface area contributed by atoms with E-state index in [9.17, 15) is 9.13 Å². The summed E-state index contributed by atoms with van der Waals surface area (Å²) < 4.78 is 52.3. The summed E-state index contributed by atoms with van der Waals surface area (Å²) in [6.07, 6.45) is 3.10. The van der Waals surface area contributed by atoms with E-state index >= 15 is 0 Å². The van der Waals surface area contributed by atoms with Crippen molar-refractivity contribution >= 4 is 16.1 Å². The Labute approximate surface area is 279 Å². The molecule has 0 aliphatic heterocycles. The van der Waals surface area contributed by atoms with Gasteiger partial charge in [-0.3, -0.25) is 9.05 Å². The van der Waals surface area contributed by atoms with Crippen LogP contribution in [0.4, 0.5) is 0 Å². The van der Waals surface area contributed by atoms with Gasteiger partial charge in [-0.15, -0.1) is 0 Å². The van der Waals surface area contributed by atoms with Crippen molar-refractivity contribution in [3.8, 4) is 23.0 Å². The smallest absolute Gasteiger partial charge is 0.441 e. The first-order chi connectivity index (χ1) is 21.6. The Morgan fingerprint density at radius 3 is 1.41 bits per heavy atom. The third-order valence-corrected chi connectivity index (χ3v) is 12.1. The van der Waals surface area contributed by atoms with Gasteiger partial charge in [0, 0.05) is 32.8 Å². The van der Waals surface area contributed by atoms with Gasteiger partial charge in [0.05, 0.1) is 0 Å². The zero-order valence-electron chi connectivity index (χ0n) is 29.9. The van der Waals surface area contributed by atoms with Crippen LogP contribution in [0.2, 0.25) is 0 Å². The van der Waals surface area contributed by atoms with Crippen LogP contribution in [0.25, 0.3) is 0 Å². The summed E-state index contributed by atoms with van der Waals surface area (Å²) >= 11 is 0. The second-order valence-electron chi connectivity index (χ2n) is 13.1. The standard InChI is InChI=1S/C38H54O6P2/c1-13-25(5)31-20-27(7)35(28(8)21-31)41-37(11,12)45(39)43-33-18-17-19-34(24-33)44-46(40)38(15-3,16-4)42-36-29(9)22-32(23-30(36)10)26(6)14-2/h17-26H,13-16H2,1-12H3/q+2. The van der Waals surface area contributed by atoms with E-state index in [4.69, 9.17) is 18.5 Å². The van der Waals surface area contributed by atoms with Crippen molar-refractivity contribution in [1.82, 2.24) is 0 Å². The number of hydrogen-bond acceptors (Lipinski definition) is 6. The van der Waals surface area contributed by atoms with Crippen molar-refractivity contribution < 1.29 is 27.7 Å². The fraction of sp³-hybridized carbons (Fsp3) is 0.526. The van der Waals surface area contributed by atoms with Crippen LogP contribution < -0.4 is 18.5 Å². The van der Waals surface area contributed by atoms with Gasteiger partial charge in [0.1, 0.15) is 11.5 Å². The van der Waals surface area contributed by atoms with Gasteiger partial charge in [0.15, 0.2) is 11.5 Å². The van der Waals surface area contributed by atoms with Gasteiger partial charge >= 0.3 is 26.7 Å². The van der Waals surface area contributed by atoms with Crippen molar-refractivity contribution in [2.45, 2.75) is 131 Å². The van der Waals surface area contributed by atoms with E-state index in [1.807, 2.05) is 41.5 Å². The minimum Gasteiger partial charge on any atom is -0.441 e. The molecular formula is C38H54O6P2+2. The normalized spacial score (nSPS) is 13.9. The van der Waals surface area contributed by atoms with E-state index in [0.29, 0.717) is 41.9 Å². The second kappa shape index (κ2) is 15.8. The molecule has 0 aliphatic carbocycles. The predicted molar refractivity (Wildman–Crippen MR) is 191 cm³/mol. The Kier molecular flexibility index (Phi) is 12.9. The number of benzene rings is 3. The molecule has 0 amide bonds. The molecule has 0 radical (unpaired) electrons. The van der Waals surface area contributed by atoms with E-state index in [0.717, 1.165) is 40.8 Å². The lowest BCUT2D eigenvalue weighted by atomic mass is 9.94.